The molecule has 2 rings (SSSR count). The van der Waals surface area contributed by atoms with Gasteiger partial charge in [-0.25, -0.2) is 0 Å². The van der Waals surface area contributed by atoms with E-state index < -0.39 is 0 Å². The highest BCUT2D eigenvalue weighted by Gasteiger charge is 2.15. The summed E-state index contributed by atoms with van der Waals surface area (Å²) in [6.45, 7) is 1.63. The van der Waals surface area contributed by atoms with Gasteiger partial charge in [-0.2, -0.15) is 0 Å². The third-order valence-corrected chi connectivity index (χ3v) is 3.24. The minimum atomic E-state index is -0.115. The van der Waals surface area contributed by atoms with Crippen molar-refractivity contribution in [3.05, 3.63) is 35.0 Å². The molecule has 0 fully saturated rings. The molecular weight excluding hydrogens is 250 g/mol. The monoisotopic (exact) mass is 265 g/mol. The molecule has 0 bridgehead atoms. The van der Waals surface area contributed by atoms with Crippen LogP contribution in [0.3, 0.4) is 0 Å². The molecule has 0 unspecified atom stereocenters. The topological polar surface area (TPSA) is 46.1 Å². The smallest absolute Gasteiger partial charge is 0.253 e. The molecule has 0 spiro atoms. The number of halogens is 1. The summed E-state index contributed by atoms with van der Waals surface area (Å²) >= 11 is 6.20. The van der Waals surface area contributed by atoms with Crippen LogP contribution >= 0.6 is 11.6 Å². The maximum absolute atomic E-state index is 11.9. The first kappa shape index (κ1) is 12.9. The van der Waals surface area contributed by atoms with E-state index in [-0.39, 0.29) is 5.91 Å². The summed E-state index contributed by atoms with van der Waals surface area (Å²) in [5.74, 6) is -0.115. The van der Waals surface area contributed by atoms with E-state index in [1.54, 1.807) is 13.1 Å². The molecule has 2 aromatic rings. The lowest BCUT2D eigenvalue weighted by atomic mass is 10.1. The molecule has 2 N–H and O–H groups in total. The fourth-order valence-electron chi connectivity index (χ4n) is 2.03. The number of nitrogens with one attached hydrogen (secondary N) is 2. The molecule has 0 saturated carbocycles. The third kappa shape index (κ3) is 2.21. The number of aromatic nitrogens is 1. The van der Waals surface area contributed by atoms with Crippen LogP contribution in [0.5, 0.6) is 0 Å². The Morgan fingerprint density at radius 1 is 1.39 bits per heavy atom. The summed E-state index contributed by atoms with van der Waals surface area (Å²) in [6.07, 6.45) is 1.85. The van der Waals surface area contributed by atoms with Crippen molar-refractivity contribution in [3.8, 4) is 0 Å². The van der Waals surface area contributed by atoms with E-state index >= 15 is 0 Å². The Labute approximate surface area is 111 Å². The second-order valence-corrected chi connectivity index (χ2v) is 4.46. The Hall–Kier alpha value is -1.52. The number of rotatable bonds is 4. The van der Waals surface area contributed by atoms with Crippen molar-refractivity contribution < 1.29 is 4.79 Å². The quantitative estimate of drug-likeness (QED) is 0.887. The number of likely N-dealkylation sites (N-methyl/N-ethyl adjacent to an activating group) is 1. The fraction of sp³-hybridized carbons (Fsp3) is 0.308. The molecule has 1 heterocycles. The van der Waals surface area contributed by atoms with Crippen molar-refractivity contribution in [3.63, 3.8) is 0 Å². The molecule has 5 heteroatoms. The second-order valence-electron chi connectivity index (χ2n) is 4.05. The zero-order valence-corrected chi connectivity index (χ0v) is 11.2. The number of benzene rings is 1. The van der Waals surface area contributed by atoms with E-state index in [2.05, 4.69) is 10.6 Å². The molecule has 0 radical (unpaired) electrons. The van der Waals surface area contributed by atoms with Crippen molar-refractivity contribution in [1.29, 1.82) is 0 Å². The van der Waals surface area contributed by atoms with Crippen LogP contribution in [0, 0.1) is 0 Å². The van der Waals surface area contributed by atoms with E-state index in [4.69, 9.17) is 11.6 Å². The van der Waals surface area contributed by atoms with Gasteiger partial charge in [-0.05, 0) is 19.2 Å². The van der Waals surface area contributed by atoms with E-state index in [1.807, 2.05) is 29.9 Å². The average Bonchev–Trinajstić information content (AvgIpc) is 2.76. The first-order valence-electron chi connectivity index (χ1n) is 5.83. The van der Waals surface area contributed by atoms with Crippen LogP contribution in [-0.4, -0.2) is 31.1 Å². The van der Waals surface area contributed by atoms with Crippen LogP contribution in [0.2, 0.25) is 5.02 Å². The Kier molecular flexibility index (Phi) is 3.89. The molecule has 0 aliphatic carbocycles. The lowest BCUT2D eigenvalue weighted by molar-refractivity contribution is 0.0964. The summed E-state index contributed by atoms with van der Waals surface area (Å²) in [7, 11) is 3.52. The maximum atomic E-state index is 11.9. The highest BCUT2D eigenvalue weighted by molar-refractivity contribution is 6.36. The van der Waals surface area contributed by atoms with Gasteiger partial charge in [-0.3, -0.25) is 4.79 Å². The maximum Gasteiger partial charge on any atom is 0.253 e. The van der Waals surface area contributed by atoms with Crippen LogP contribution in [0.4, 0.5) is 0 Å². The molecule has 1 aromatic carbocycles. The number of amides is 1. The van der Waals surface area contributed by atoms with E-state index in [9.17, 15) is 4.79 Å². The third-order valence-electron chi connectivity index (χ3n) is 2.93. The van der Waals surface area contributed by atoms with Crippen LogP contribution in [0.1, 0.15) is 10.4 Å². The zero-order valence-electron chi connectivity index (χ0n) is 10.5. The number of fused-ring (bicyclic) bond motifs is 1. The van der Waals surface area contributed by atoms with E-state index in [0.717, 1.165) is 24.0 Å². The van der Waals surface area contributed by atoms with Gasteiger partial charge >= 0.3 is 0 Å². The van der Waals surface area contributed by atoms with Crippen molar-refractivity contribution in [2.75, 3.05) is 20.6 Å². The molecule has 4 nitrogen and oxygen atoms in total. The van der Waals surface area contributed by atoms with Crippen molar-refractivity contribution >= 4 is 28.4 Å². The van der Waals surface area contributed by atoms with E-state index in [1.165, 1.54) is 0 Å². The summed E-state index contributed by atoms with van der Waals surface area (Å²) < 4.78 is 2.04. The molecule has 96 valence electrons. The summed E-state index contributed by atoms with van der Waals surface area (Å²) in [4.78, 5) is 11.9. The zero-order chi connectivity index (χ0) is 13.1. The number of hydrogen-bond acceptors (Lipinski definition) is 2. The van der Waals surface area contributed by atoms with Gasteiger partial charge in [0.1, 0.15) is 0 Å². The van der Waals surface area contributed by atoms with Crippen molar-refractivity contribution in [1.82, 2.24) is 15.2 Å². The molecule has 1 aromatic heterocycles. The number of carbonyl (C=O) groups is 1. The van der Waals surface area contributed by atoms with Crippen LogP contribution in [0.15, 0.2) is 24.4 Å². The molecule has 0 aliphatic rings. The van der Waals surface area contributed by atoms with E-state index in [0.29, 0.717) is 10.6 Å². The number of carbonyl (C=O) groups excluding carboxylic acids is 1. The number of hydrogen-bond donors (Lipinski definition) is 2. The molecular formula is C13H16ClN3O. The first-order chi connectivity index (χ1) is 8.69. The van der Waals surface area contributed by atoms with Gasteiger partial charge in [-0.15, -0.1) is 0 Å². The number of nitrogens with zero attached hydrogens (tertiary/aromatic N) is 1. The van der Waals surface area contributed by atoms with Crippen LogP contribution < -0.4 is 10.6 Å². The minimum Gasteiger partial charge on any atom is -0.355 e. The summed E-state index contributed by atoms with van der Waals surface area (Å²) in [5, 5.41) is 7.16. The Balaban J connectivity index is 2.60. The fourth-order valence-corrected chi connectivity index (χ4v) is 2.30. The van der Waals surface area contributed by atoms with Gasteiger partial charge in [0.25, 0.3) is 5.91 Å². The standard InChI is InChI=1S/C13H16ClN3O/c1-15-6-7-17-8-9(13(18)16-2)12-10(14)4-3-5-11(12)17/h3-5,8,15H,6-7H2,1-2H3,(H,16,18). The normalized spacial score (nSPS) is 10.8. The molecule has 1 amide bonds. The SMILES string of the molecule is CNCCn1cc(C(=O)NC)c2c(Cl)cccc21. The van der Waals surface area contributed by atoms with Gasteiger partial charge in [0, 0.05) is 31.7 Å². The van der Waals surface area contributed by atoms with Crippen LogP contribution in [0.25, 0.3) is 10.9 Å². The van der Waals surface area contributed by atoms with Gasteiger partial charge in [0.2, 0.25) is 0 Å². The predicted octanol–water partition coefficient (Wildman–Crippen LogP) is 1.87. The highest BCUT2D eigenvalue weighted by Crippen LogP contribution is 2.28. The Morgan fingerprint density at radius 3 is 2.83 bits per heavy atom. The molecule has 0 atom stereocenters. The Bertz CT molecular complexity index is 577. The molecule has 0 aliphatic heterocycles. The summed E-state index contributed by atoms with van der Waals surface area (Å²) in [6, 6.07) is 5.68. The van der Waals surface area contributed by atoms with Gasteiger partial charge < -0.3 is 15.2 Å². The lowest BCUT2D eigenvalue weighted by Gasteiger charge is -2.04. The van der Waals surface area contributed by atoms with Gasteiger partial charge in [0.15, 0.2) is 0 Å². The Morgan fingerprint density at radius 2 is 2.17 bits per heavy atom. The van der Waals surface area contributed by atoms with Gasteiger partial charge in [0.05, 0.1) is 16.1 Å². The predicted molar refractivity (Wildman–Crippen MR) is 74.3 cm³/mol. The minimum absolute atomic E-state index is 0.115. The average molecular weight is 266 g/mol. The second kappa shape index (κ2) is 5.42. The van der Waals surface area contributed by atoms with Crippen LogP contribution in [-0.2, 0) is 6.54 Å². The highest BCUT2D eigenvalue weighted by atomic mass is 35.5. The van der Waals surface area contributed by atoms with Gasteiger partial charge in [-0.1, -0.05) is 17.7 Å². The van der Waals surface area contributed by atoms with Crippen molar-refractivity contribution in [2.24, 2.45) is 0 Å². The lowest BCUT2D eigenvalue weighted by Crippen LogP contribution is -2.18. The first-order valence-corrected chi connectivity index (χ1v) is 6.21. The summed E-state index contributed by atoms with van der Waals surface area (Å²) in [5.41, 5.74) is 1.60. The largest absolute Gasteiger partial charge is 0.355 e. The van der Waals surface area contributed by atoms with Crippen molar-refractivity contribution in [2.45, 2.75) is 6.54 Å². The molecule has 0 saturated heterocycles. The molecule has 18 heavy (non-hydrogen) atoms.